The standard InChI is InChI=1S/C14H14ClNO6S/c1-20-13(17)7-3-4-9(23(2,18)19)10(11(7)15)12-8-5-6-21-14(8)22-16-12/h3-4,14,16H,5-6H2,1-2H3. The SMILES string of the molecule is COC(=O)c1ccc(S(C)(=O)=O)c(C2=C3CCOC3ON2)c1Cl. The molecule has 1 N–H and O–H groups in total. The maximum absolute atomic E-state index is 12.1. The van der Waals surface area contributed by atoms with Gasteiger partial charge in [0.05, 0.1) is 34.9 Å². The largest absolute Gasteiger partial charge is 0.465 e. The molecule has 1 aromatic carbocycles. The number of halogens is 1. The molecule has 9 heteroatoms. The molecule has 1 saturated heterocycles. The van der Waals surface area contributed by atoms with Gasteiger partial charge in [0.25, 0.3) is 0 Å². The second-order valence-electron chi connectivity index (χ2n) is 5.14. The highest BCUT2D eigenvalue weighted by molar-refractivity contribution is 7.90. The molecule has 2 aliphatic heterocycles. The van der Waals surface area contributed by atoms with Gasteiger partial charge in [0, 0.05) is 17.4 Å². The second kappa shape index (κ2) is 5.79. The van der Waals surface area contributed by atoms with E-state index < -0.39 is 22.1 Å². The van der Waals surface area contributed by atoms with Crippen LogP contribution in [-0.2, 0) is 24.1 Å². The molecule has 1 atom stereocenters. The fraction of sp³-hybridized carbons (Fsp3) is 0.357. The molecule has 0 aliphatic carbocycles. The lowest BCUT2D eigenvalue weighted by atomic mass is 10.0. The predicted molar refractivity (Wildman–Crippen MR) is 81.4 cm³/mol. The number of sulfone groups is 1. The van der Waals surface area contributed by atoms with Crippen LogP contribution in [0.3, 0.4) is 0 Å². The number of carbonyl (C=O) groups excluding carboxylic acids is 1. The van der Waals surface area contributed by atoms with Crippen LogP contribution in [0.25, 0.3) is 5.70 Å². The van der Waals surface area contributed by atoms with E-state index in [1.54, 1.807) is 0 Å². The number of nitrogens with one attached hydrogen (secondary N) is 1. The molecule has 1 fully saturated rings. The number of methoxy groups -OCH3 is 1. The zero-order chi connectivity index (χ0) is 16.8. The first-order valence-electron chi connectivity index (χ1n) is 6.72. The molecule has 1 aromatic rings. The maximum Gasteiger partial charge on any atom is 0.339 e. The van der Waals surface area contributed by atoms with Crippen molar-refractivity contribution in [2.24, 2.45) is 0 Å². The van der Waals surface area contributed by atoms with Gasteiger partial charge < -0.3 is 9.47 Å². The number of hydrogen-bond donors (Lipinski definition) is 1. The van der Waals surface area contributed by atoms with Crippen LogP contribution < -0.4 is 5.48 Å². The molecular formula is C14H14ClNO6S. The predicted octanol–water partition coefficient (Wildman–Crippen LogP) is 1.52. The van der Waals surface area contributed by atoms with Crippen LogP contribution in [0, 0.1) is 0 Å². The molecule has 2 aliphatic rings. The molecule has 0 amide bonds. The summed E-state index contributed by atoms with van der Waals surface area (Å²) in [6.45, 7) is 0.466. The van der Waals surface area contributed by atoms with E-state index in [2.05, 4.69) is 10.2 Å². The van der Waals surface area contributed by atoms with E-state index in [1.165, 1.54) is 19.2 Å². The van der Waals surface area contributed by atoms with E-state index >= 15 is 0 Å². The van der Waals surface area contributed by atoms with Crippen molar-refractivity contribution in [1.82, 2.24) is 5.48 Å². The Morgan fingerprint density at radius 2 is 2.17 bits per heavy atom. The van der Waals surface area contributed by atoms with Crippen LogP contribution in [0.2, 0.25) is 5.02 Å². The Morgan fingerprint density at radius 1 is 1.43 bits per heavy atom. The summed E-state index contributed by atoms with van der Waals surface area (Å²) < 4.78 is 34.3. The first-order chi connectivity index (χ1) is 10.8. The number of carbonyl (C=O) groups is 1. The van der Waals surface area contributed by atoms with Gasteiger partial charge in [-0.2, -0.15) is 0 Å². The summed E-state index contributed by atoms with van der Waals surface area (Å²) >= 11 is 6.33. The molecule has 0 bridgehead atoms. The lowest BCUT2D eigenvalue weighted by Crippen LogP contribution is -2.15. The summed E-state index contributed by atoms with van der Waals surface area (Å²) in [5.41, 5.74) is 4.12. The topological polar surface area (TPSA) is 90.9 Å². The summed E-state index contributed by atoms with van der Waals surface area (Å²) in [4.78, 5) is 17.1. The molecule has 0 saturated carbocycles. The number of ether oxygens (including phenoxy) is 2. The van der Waals surface area contributed by atoms with Crippen molar-refractivity contribution in [2.45, 2.75) is 17.6 Å². The van der Waals surface area contributed by atoms with Crippen molar-refractivity contribution in [1.29, 1.82) is 0 Å². The van der Waals surface area contributed by atoms with Gasteiger partial charge in [-0.3, -0.25) is 5.48 Å². The molecule has 0 aromatic heterocycles. The lowest BCUT2D eigenvalue weighted by molar-refractivity contribution is -0.109. The zero-order valence-electron chi connectivity index (χ0n) is 12.4. The molecule has 0 radical (unpaired) electrons. The van der Waals surface area contributed by atoms with Crippen molar-refractivity contribution in [3.8, 4) is 0 Å². The number of hydrogen-bond acceptors (Lipinski definition) is 7. The molecule has 23 heavy (non-hydrogen) atoms. The highest BCUT2D eigenvalue weighted by Gasteiger charge is 2.36. The number of hydroxylamine groups is 1. The highest BCUT2D eigenvalue weighted by atomic mass is 35.5. The van der Waals surface area contributed by atoms with Crippen LogP contribution in [0.4, 0.5) is 0 Å². The molecule has 7 nitrogen and oxygen atoms in total. The van der Waals surface area contributed by atoms with Crippen LogP contribution >= 0.6 is 11.6 Å². The van der Waals surface area contributed by atoms with Crippen LogP contribution in [0.1, 0.15) is 22.3 Å². The number of esters is 1. The summed E-state index contributed by atoms with van der Waals surface area (Å²) in [5.74, 6) is -0.653. The van der Waals surface area contributed by atoms with E-state index in [4.69, 9.17) is 21.2 Å². The Balaban J connectivity index is 2.28. The zero-order valence-corrected chi connectivity index (χ0v) is 14.0. The lowest BCUT2D eigenvalue weighted by Gasteiger charge is -2.14. The van der Waals surface area contributed by atoms with Gasteiger partial charge in [0.1, 0.15) is 0 Å². The minimum atomic E-state index is -3.58. The third-order valence-electron chi connectivity index (χ3n) is 3.67. The summed E-state index contributed by atoms with van der Waals surface area (Å²) in [7, 11) is -2.35. The van der Waals surface area contributed by atoms with E-state index in [0.717, 1.165) is 11.8 Å². The first kappa shape index (κ1) is 16.3. The van der Waals surface area contributed by atoms with E-state index in [1.807, 2.05) is 0 Å². The van der Waals surface area contributed by atoms with Gasteiger partial charge in [-0.25, -0.2) is 18.0 Å². The van der Waals surface area contributed by atoms with Gasteiger partial charge in [-0.05, 0) is 18.6 Å². The fourth-order valence-electron chi connectivity index (χ4n) is 2.60. The minimum absolute atomic E-state index is 0.00121. The van der Waals surface area contributed by atoms with Crippen LogP contribution in [0.5, 0.6) is 0 Å². The molecule has 0 spiro atoms. The Bertz CT molecular complexity index is 817. The number of fused-ring (bicyclic) bond motifs is 1. The molecule has 1 unspecified atom stereocenters. The van der Waals surface area contributed by atoms with Crippen LogP contribution in [-0.4, -0.2) is 40.6 Å². The van der Waals surface area contributed by atoms with E-state index in [-0.39, 0.29) is 21.0 Å². The minimum Gasteiger partial charge on any atom is -0.465 e. The highest BCUT2D eigenvalue weighted by Crippen LogP contribution is 2.40. The van der Waals surface area contributed by atoms with E-state index in [0.29, 0.717) is 18.7 Å². The van der Waals surface area contributed by atoms with Crippen molar-refractivity contribution < 1.29 is 27.5 Å². The van der Waals surface area contributed by atoms with Crippen molar-refractivity contribution in [3.05, 3.63) is 33.9 Å². The van der Waals surface area contributed by atoms with Crippen molar-refractivity contribution in [3.63, 3.8) is 0 Å². The molecule has 2 heterocycles. The number of benzene rings is 1. The monoisotopic (exact) mass is 359 g/mol. The second-order valence-corrected chi connectivity index (χ2v) is 7.50. The van der Waals surface area contributed by atoms with Gasteiger partial charge in [0.2, 0.25) is 6.29 Å². The first-order valence-corrected chi connectivity index (χ1v) is 8.99. The Morgan fingerprint density at radius 3 is 2.83 bits per heavy atom. The summed E-state index contributed by atoms with van der Waals surface area (Å²) in [6.07, 6.45) is 1.08. The molecule has 124 valence electrons. The smallest absolute Gasteiger partial charge is 0.339 e. The van der Waals surface area contributed by atoms with E-state index in [9.17, 15) is 13.2 Å². The third kappa shape index (κ3) is 2.72. The van der Waals surface area contributed by atoms with Gasteiger partial charge >= 0.3 is 5.97 Å². The summed E-state index contributed by atoms with van der Waals surface area (Å²) in [6, 6.07) is 2.67. The summed E-state index contributed by atoms with van der Waals surface area (Å²) in [5, 5.41) is -0.00840. The third-order valence-corrected chi connectivity index (χ3v) is 5.20. The maximum atomic E-state index is 12.1. The Hall–Kier alpha value is -1.61. The Kier molecular flexibility index (Phi) is 4.09. The van der Waals surface area contributed by atoms with Gasteiger partial charge in [0.15, 0.2) is 9.84 Å². The van der Waals surface area contributed by atoms with Crippen molar-refractivity contribution in [2.75, 3.05) is 20.0 Å². The fourth-order valence-corrected chi connectivity index (χ4v) is 3.88. The average molecular weight is 360 g/mol. The number of rotatable bonds is 3. The molecule has 3 rings (SSSR count). The van der Waals surface area contributed by atoms with Gasteiger partial charge in [-0.15, -0.1) is 0 Å². The van der Waals surface area contributed by atoms with Gasteiger partial charge in [-0.1, -0.05) is 11.6 Å². The van der Waals surface area contributed by atoms with Crippen molar-refractivity contribution >= 4 is 33.1 Å². The Labute approximate surface area is 138 Å². The molecular weight excluding hydrogens is 346 g/mol. The quantitative estimate of drug-likeness (QED) is 0.818. The average Bonchev–Trinajstić information content (AvgIpc) is 3.08. The van der Waals surface area contributed by atoms with Crippen LogP contribution in [0.15, 0.2) is 22.6 Å². The normalized spacial score (nSPS) is 20.4.